The van der Waals surface area contributed by atoms with Crippen LogP contribution < -0.4 is 10.6 Å². The molecule has 1 aromatic rings. The number of hydrogen-bond donors (Lipinski definition) is 3. The SMILES string of the molecule is Cc1cc(NC(=O)C2CCCC(C(=O)O)C2)ccc1C(=O)NC(C)C. The van der Waals surface area contributed by atoms with Crippen molar-refractivity contribution in [3.8, 4) is 0 Å². The number of carbonyl (C=O) groups excluding carboxylic acids is 2. The third kappa shape index (κ3) is 5.05. The Hall–Kier alpha value is -2.37. The Kier molecular flexibility index (Phi) is 6.17. The number of benzene rings is 1. The quantitative estimate of drug-likeness (QED) is 0.764. The Morgan fingerprint density at radius 2 is 1.84 bits per heavy atom. The summed E-state index contributed by atoms with van der Waals surface area (Å²) in [5, 5.41) is 14.8. The van der Waals surface area contributed by atoms with Gasteiger partial charge in [-0.3, -0.25) is 14.4 Å². The van der Waals surface area contributed by atoms with Crippen molar-refractivity contribution in [2.45, 2.75) is 52.5 Å². The fourth-order valence-corrected chi connectivity index (χ4v) is 3.23. The Balaban J connectivity index is 2.02. The number of aryl methyl sites for hydroxylation is 1. The third-order valence-corrected chi connectivity index (χ3v) is 4.55. The Labute approximate surface area is 148 Å². The van der Waals surface area contributed by atoms with Gasteiger partial charge in [-0.15, -0.1) is 0 Å². The predicted octanol–water partition coefficient (Wildman–Crippen LogP) is 2.96. The molecule has 1 fully saturated rings. The van der Waals surface area contributed by atoms with Crippen molar-refractivity contribution in [1.82, 2.24) is 5.32 Å². The summed E-state index contributed by atoms with van der Waals surface area (Å²) in [7, 11) is 0. The van der Waals surface area contributed by atoms with Crippen molar-refractivity contribution < 1.29 is 19.5 Å². The molecule has 2 rings (SSSR count). The van der Waals surface area contributed by atoms with Gasteiger partial charge in [0, 0.05) is 23.2 Å². The highest BCUT2D eigenvalue weighted by Gasteiger charge is 2.31. The number of nitrogens with one attached hydrogen (secondary N) is 2. The number of rotatable bonds is 5. The maximum atomic E-state index is 12.4. The van der Waals surface area contributed by atoms with Crippen molar-refractivity contribution in [1.29, 1.82) is 0 Å². The van der Waals surface area contributed by atoms with E-state index in [1.807, 2.05) is 20.8 Å². The van der Waals surface area contributed by atoms with Crippen LogP contribution in [0.5, 0.6) is 0 Å². The molecular weight excluding hydrogens is 320 g/mol. The van der Waals surface area contributed by atoms with Crippen molar-refractivity contribution in [3.63, 3.8) is 0 Å². The zero-order valence-corrected chi connectivity index (χ0v) is 15.0. The monoisotopic (exact) mass is 346 g/mol. The molecule has 136 valence electrons. The summed E-state index contributed by atoms with van der Waals surface area (Å²) in [6.45, 7) is 5.62. The molecule has 2 atom stereocenters. The van der Waals surface area contributed by atoms with E-state index in [1.54, 1.807) is 18.2 Å². The minimum Gasteiger partial charge on any atom is -0.481 e. The molecule has 1 aromatic carbocycles. The Morgan fingerprint density at radius 3 is 2.44 bits per heavy atom. The van der Waals surface area contributed by atoms with Gasteiger partial charge in [-0.05, 0) is 63.8 Å². The van der Waals surface area contributed by atoms with E-state index in [2.05, 4.69) is 10.6 Å². The molecule has 0 aromatic heterocycles. The minimum atomic E-state index is -0.825. The lowest BCUT2D eigenvalue weighted by atomic mass is 9.81. The molecule has 3 N–H and O–H groups in total. The number of aliphatic carboxylic acids is 1. The summed E-state index contributed by atoms with van der Waals surface area (Å²) in [5.74, 6) is -1.83. The summed E-state index contributed by atoms with van der Waals surface area (Å²) in [6.07, 6.45) is 2.48. The second-order valence-corrected chi connectivity index (χ2v) is 7.05. The number of carboxylic acid groups (broad SMARTS) is 1. The standard InChI is InChI=1S/C19H26N2O4/c1-11(2)20-18(23)16-8-7-15(9-12(16)3)21-17(22)13-5-4-6-14(10-13)19(24)25/h7-9,11,13-14H,4-6,10H2,1-3H3,(H,20,23)(H,21,22)(H,24,25). The second-order valence-electron chi connectivity index (χ2n) is 7.05. The molecule has 25 heavy (non-hydrogen) atoms. The summed E-state index contributed by atoms with van der Waals surface area (Å²) in [4.78, 5) is 35.7. The van der Waals surface area contributed by atoms with Crippen LogP contribution in [0, 0.1) is 18.8 Å². The fraction of sp³-hybridized carbons (Fsp3) is 0.526. The van der Waals surface area contributed by atoms with Gasteiger partial charge in [-0.2, -0.15) is 0 Å². The Bertz CT molecular complexity index is 669. The van der Waals surface area contributed by atoms with Crippen LogP contribution in [0.2, 0.25) is 0 Å². The van der Waals surface area contributed by atoms with Crippen LogP contribution in [0.4, 0.5) is 5.69 Å². The van der Waals surface area contributed by atoms with Gasteiger partial charge in [-0.25, -0.2) is 0 Å². The largest absolute Gasteiger partial charge is 0.481 e. The Morgan fingerprint density at radius 1 is 1.16 bits per heavy atom. The highest BCUT2D eigenvalue weighted by atomic mass is 16.4. The van der Waals surface area contributed by atoms with E-state index in [0.717, 1.165) is 12.0 Å². The van der Waals surface area contributed by atoms with Gasteiger partial charge in [0.15, 0.2) is 0 Å². The summed E-state index contributed by atoms with van der Waals surface area (Å²) in [6, 6.07) is 5.23. The number of carboxylic acids is 1. The maximum absolute atomic E-state index is 12.4. The van der Waals surface area contributed by atoms with Crippen LogP contribution in [0.25, 0.3) is 0 Å². The average molecular weight is 346 g/mol. The molecule has 2 amide bonds. The van der Waals surface area contributed by atoms with Gasteiger partial charge in [0.2, 0.25) is 5.91 Å². The van der Waals surface area contributed by atoms with Crippen molar-refractivity contribution >= 4 is 23.5 Å². The fourth-order valence-electron chi connectivity index (χ4n) is 3.23. The molecule has 0 radical (unpaired) electrons. The van der Waals surface area contributed by atoms with Crippen LogP contribution >= 0.6 is 0 Å². The molecule has 6 heteroatoms. The van der Waals surface area contributed by atoms with Crippen molar-refractivity contribution in [2.75, 3.05) is 5.32 Å². The molecule has 1 aliphatic rings. The first kappa shape index (κ1) is 19.0. The lowest BCUT2D eigenvalue weighted by Gasteiger charge is -2.25. The van der Waals surface area contributed by atoms with Crippen molar-refractivity contribution in [2.24, 2.45) is 11.8 Å². The highest BCUT2D eigenvalue weighted by molar-refractivity contribution is 5.97. The molecule has 1 aliphatic carbocycles. The van der Waals surface area contributed by atoms with Gasteiger partial charge in [0.1, 0.15) is 0 Å². The van der Waals surface area contributed by atoms with E-state index < -0.39 is 11.9 Å². The summed E-state index contributed by atoms with van der Waals surface area (Å²) >= 11 is 0. The van der Waals surface area contributed by atoms with Crippen LogP contribution in [0.15, 0.2) is 18.2 Å². The molecule has 6 nitrogen and oxygen atoms in total. The van der Waals surface area contributed by atoms with E-state index in [-0.39, 0.29) is 23.8 Å². The predicted molar refractivity (Wildman–Crippen MR) is 95.5 cm³/mol. The third-order valence-electron chi connectivity index (χ3n) is 4.55. The van der Waals surface area contributed by atoms with E-state index in [4.69, 9.17) is 5.11 Å². The van der Waals surface area contributed by atoms with E-state index >= 15 is 0 Å². The van der Waals surface area contributed by atoms with E-state index in [1.165, 1.54) is 0 Å². The lowest BCUT2D eigenvalue weighted by Crippen LogP contribution is -2.31. The smallest absolute Gasteiger partial charge is 0.306 e. The minimum absolute atomic E-state index is 0.0553. The van der Waals surface area contributed by atoms with Crippen LogP contribution in [-0.2, 0) is 9.59 Å². The van der Waals surface area contributed by atoms with Gasteiger partial charge in [-0.1, -0.05) is 6.42 Å². The van der Waals surface area contributed by atoms with E-state index in [0.29, 0.717) is 30.5 Å². The first-order chi connectivity index (χ1) is 11.8. The zero-order valence-electron chi connectivity index (χ0n) is 15.0. The number of hydrogen-bond acceptors (Lipinski definition) is 3. The molecule has 1 saturated carbocycles. The van der Waals surface area contributed by atoms with Gasteiger partial charge in [0.25, 0.3) is 5.91 Å². The summed E-state index contributed by atoms with van der Waals surface area (Å²) < 4.78 is 0. The van der Waals surface area contributed by atoms with Crippen LogP contribution in [0.1, 0.15) is 55.5 Å². The number of carbonyl (C=O) groups is 3. The van der Waals surface area contributed by atoms with Crippen LogP contribution in [0.3, 0.4) is 0 Å². The molecule has 0 heterocycles. The van der Waals surface area contributed by atoms with Gasteiger partial charge in [0.05, 0.1) is 5.92 Å². The number of anilines is 1. The topological polar surface area (TPSA) is 95.5 Å². The average Bonchev–Trinajstić information content (AvgIpc) is 2.54. The molecule has 0 bridgehead atoms. The molecule has 0 spiro atoms. The molecule has 0 aliphatic heterocycles. The first-order valence-corrected chi connectivity index (χ1v) is 8.73. The molecule has 0 saturated heterocycles. The van der Waals surface area contributed by atoms with E-state index in [9.17, 15) is 14.4 Å². The first-order valence-electron chi connectivity index (χ1n) is 8.73. The lowest BCUT2D eigenvalue weighted by molar-refractivity contribution is -0.143. The van der Waals surface area contributed by atoms with Gasteiger partial charge < -0.3 is 15.7 Å². The zero-order chi connectivity index (χ0) is 18.6. The van der Waals surface area contributed by atoms with Crippen LogP contribution in [-0.4, -0.2) is 28.9 Å². The maximum Gasteiger partial charge on any atom is 0.306 e. The molecular formula is C19H26N2O4. The summed E-state index contributed by atoms with van der Waals surface area (Å²) in [5.41, 5.74) is 1.99. The second kappa shape index (κ2) is 8.14. The van der Waals surface area contributed by atoms with Gasteiger partial charge >= 0.3 is 5.97 Å². The normalized spacial score (nSPS) is 20.2. The molecule has 2 unspecified atom stereocenters. The number of amides is 2. The highest BCUT2D eigenvalue weighted by Crippen LogP contribution is 2.30. The van der Waals surface area contributed by atoms with Crippen molar-refractivity contribution in [3.05, 3.63) is 29.3 Å².